The van der Waals surface area contributed by atoms with E-state index in [-0.39, 0.29) is 34.9 Å². The Morgan fingerprint density at radius 3 is 1.48 bits per heavy atom. The predicted molar refractivity (Wildman–Crippen MR) is 263 cm³/mol. The summed E-state index contributed by atoms with van der Waals surface area (Å²) in [6.07, 6.45) is -5.81. The van der Waals surface area contributed by atoms with Crippen molar-refractivity contribution < 1.29 is 37.4 Å². The van der Waals surface area contributed by atoms with Crippen LogP contribution in [-0.4, -0.2) is 80.3 Å². The average molecular weight is 966 g/mol. The van der Waals surface area contributed by atoms with Crippen molar-refractivity contribution in [2.24, 2.45) is 0 Å². The molecule has 1 N–H and O–H groups in total. The van der Waals surface area contributed by atoms with Crippen LogP contribution in [0.15, 0.2) is 120 Å². The highest BCUT2D eigenvalue weighted by molar-refractivity contribution is 9.10. The lowest BCUT2D eigenvalue weighted by atomic mass is 9.98. The number of hydrogen-bond donors (Lipinski definition) is 1. The molecule has 4 rings (SSSR count). The zero-order chi connectivity index (χ0) is 46.1. The van der Waals surface area contributed by atoms with Crippen LogP contribution in [0.4, 0.5) is 0 Å². The van der Waals surface area contributed by atoms with Gasteiger partial charge in [0.25, 0.3) is 8.32 Å². The molecule has 0 saturated carbocycles. The first-order chi connectivity index (χ1) is 28.8. The smallest absolute Gasteiger partial charge is 0.336 e. The number of ether oxygens (including phenoxy) is 3. The molecule has 0 aromatic heterocycles. The van der Waals surface area contributed by atoms with Crippen molar-refractivity contribution in [3.63, 3.8) is 0 Å². The second-order valence-corrected chi connectivity index (χ2v) is 35.1. The van der Waals surface area contributed by atoms with E-state index in [1.807, 2.05) is 66.7 Å². The number of methoxy groups -OCH3 is 1. The van der Waals surface area contributed by atoms with Crippen LogP contribution in [-0.2, 0) is 45.5 Å². The van der Waals surface area contributed by atoms with E-state index in [9.17, 15) is 9.90 Å². The third-order valence-corrected chi connectivity index (χ3v) is 27.2. The van der Waals surface area contributed by atoms with Crippen LogP contribution in [0.1, 0.15) is 73.4 Å². The minimum absolute atomic E-state index is 0.0935. The summed E-state index contributed by atoms with van der Waals surface area (Å²) in [4.78, 5) is 14.0. The molecule has 62 heavy (non-hydrogen) atoms. The van der Waals surface area contributed by atoms with Crippen LogP contribution in [0.5, 0.6) is 0 Å². The fourth-order valence-corrected chi connectivity index (χ4v) is 14.4. The Hall–Kier alpha value is -2.76. The molecule has 0 spiro atoms. The lowest BCUT2D eigenvalue weighted by molar-refractivity contribution is -0.185. The lowest BCUT2D eigenvalue weighted by Gasteiger charge is -2.47. The van der Waals surface area contributed by atoms with E-state index in [0.717, 1.165) is 26.0 Å². The maximum atomic E-state index is 14.0. The minimum atomic E-state index is -3.12. The van der Waals surface area contributed by atoms with E-state index in [1.165, 1.54) is 7.11 Å². The Morgan fingerprint density at radius 1 is 0.597 bits per heavy atom. The quantitative estimate of drug-likeness (QED) is 0.0692. The molecule has 0 fully saturated rings. The maximum absolute atomic E-state index is 14.0. The molecule has 4 aromatic rings. The first kappa shape index (κ1) is 51.9. The number of halogens is 1. The van der Waals surface area contributed by atoms with Gasteiger partial charge in [-0.05, 0) is 74.9 Å². The second kappa shape index (κ2) is 21.5. The van der Waals surface area contributed by atoms with E-state index < -0.39 is 61.4 Å². The SMILES string of the molecule is COC(=O)[C@@H](O[Si](C)(C)C(C)(C)C)[C@@H](O)[C@H](OCc1ccc(Br)cc1)[C@H](O[Si](C)(C)C(C)(C)C)[C@H](CO[Si](c1ccccc1)(c1ccccc1)C(C)(C)C)OCc1ccccc1. The van der Waals surface area contributed by atoms with Crippen LogP contribution in [0, 0.1) is 0 Å². The van der Waals surface area contributed by atoms with E-state index in [4.69, 9.17) is 27.5 Å². The highest BCUT2D eigenvalue weighted by Gasteiger charge is 2.54. The van der Waals surface area contributed by atoms with Gasteiger partial charge in [-0.1, -0.05) is 181 Å². The number of esters is 1. The fourth-order valence-electron chi connectivity index (χ4n) is 7.06. The molecule has 8 nitrogen and oxygen atoms in total. The normalized spacial score (nSPS) is 15.7. The second-order valence-electron chi connectivity index (χ2n) is 20.4. The lowest BCUT2D eigenvalue weighted by Crippen LogP contribution is -2.68. The molecule has 0 saturated heterocycles. The van der Waals surface area contributed by atoms with Gasteiger partial charge in [-0.3, -0.25) is 0 Å². The van der Waals surface area contributed by atoms with Crippen molar-refractivity contribution in [2.45, 2.75) is 147 Å². The van der Waals surface area contributed by atoms with Gasteiger partial charge in [0, 0.05) is 4.47 Å². The summed E-state index contributed by atoms with van der Waals surface area (Å²) < 4.78 is 42.4. The van der Waals surface area contributed by atoms with Crippen molar-refractivity contribution in [3.05, 3.63) is 131 Å². The zero-order valence-corrected chi connectivity index (χ0v) is 44.2. The van der Waals surface area contributed by atoms with Crippen molar-refractivity contribution in [2.75, 3.05) is 13.7 Å². The summed E-state index contributed by atoms with van der Waals surface area (Å²) in [5.41, 5.74) is 1.84. The number of hydrogen-bond acceptors (Lipinski definition) is 8. The Bertz CT molecular complexity index is 1920. The fraction of sp³-hybridized carbons (Fsp3) is 0.500. The molecule has 340 valence electrons. The summed E-state index contributed by atoms with van der Waals surface area (Å²) in [7, 11) is -7.21. The van der Waals surface area contributed by atoms with E-state index in [1.54, 1.807) is 0 Å². The van der Waals surface area contributed by atoms with Gasteiger partial charge in [0.05, 0.1) is 26.9 Å². The maximum Gasteiger partial charge on any atom is 0.336 e. The minimum Gasteiger partial charge on any atom is -0.467 e. The molecule has 0 radical (unpaired) electrons. The number of carbonyl (C=O) groups excluding carboxylic acids is 1. The summed E-state index contributed by atoms with van der Waals surface area (Å²) in [6, 6.07) is 38.9. The van der Waals surface area contributed by atoms with Crippen LogP contribution in [0.25, 0.3) is 0 Å². The average Bonchev–Trinajstić information content (AvgIpc) is 3.21. The Morgan fingerprint density at radius 2 is 1.03 bits per heavy atom. The van der Waals surface area contributed by atoms with Crippen LogP contribution in [0.3, 0.4) is 0 Å². The number of benzene rings is 4. The standard InChI is InChI=1S/C50H73BrO8Si3/c1-48(2,3)60(11,12)58-44(45(56-35-38-30-32-39(51)33-31-38)43(52)46(47(53)54-10)59-61(13,14)49(4,5)6)42(55-34-37-24-18-15-19-25-37)36-57-62(50(7,8)9,40-26-20-16-21-27-40)41-28-22-17-23-29-41/h15-33,42-46,52H,34-36H2,1-14H3/t42-,43-,44+,45-,46-/m0/s1. The van der Waals surface area contributed by atoms with Gasteiger partial charge < -0.3 is 32.6 Å². The molecule has 0 amide bonds. The van der Waals surface area contributed by atoms with Gasteiger partial charge in [-0.15, -0.1) is 0 Å². The highest BCUT2D eigenvalue weighted by atomic mass is 79.9. The molecular weight excluding hydrogens is 893 g/mol. The molecule has 12 heteroatoms. The highest BCUT2D eigenvalue weighted by Crippen LogP contribution is 2.42. The summed E-state index contributed by atoms with van der Waals surface area (Å²) >= 11 is 3.56. The Balaban J connectivity index is 2.01. The van der Waals surface area contributed by atoms with E-state index in [0.29, 0.717) is 0 Å². The van der Waals surface area contributed by atoms with Gasteiger partial charge in [0.15, 0.2) is 22.7 Å². The summed E-state index contributed by atoms with van der Waals surface area (Å²) in [5.74, 6) is -0.684. The first-order valence-electron chi connectivity index (χ1n) is 21.7. The van der Waals surface area contributed by atoms with Gasteiger partial charge in [-0.2, -0.15) is 0 Å². The zero-order valence-electron chi connectivity index (χ0n) is 39.7. The Kier molecular flexibility index (Phi) is 18.0. The third-order valence-electron chi connectivity index (χ3n) is 12.8. The molecule has 0 bridgehead atoms. The molecular formula is C50H73BrO8Si3. The topological polar surface area (TPSA) is 92.7 Å². The van der Waals surface area contributed by atoms with Crippen molar-refractivity contribution >= 4 is 57.2 Å². The molecule has 0 aliphatic carbocycles. The number of carbonyl (C=O) groups is 1. The summed E-state index contributed by atoms with van der Waals surface area (Å²) in [6.45, 7) is 28.5. The Labute approximate surface area is 384 Å². The largest absolute Gasteiger partial charge is 0.467 e. The number of aliphatic hydroxyl groups excluding tert-OH is 1. The molecule has 0 heterocycles. The first-order valence-corrected chi connectivity index (χ1v) is 30.2. The van der Waals surface area contributed by atoms with Gasteiger partial charge in [0.1, 0.15) is 24.4 Å². The molecule has 5 atom stereocenters. The molecule has 4 aromatic carbocycles. The summed E-state index contributed by atoms with van der Waals surface area (Å²) in [5, 5.41) is 14.3. The molecule has 0 aliphatic heterocycles. The molecule has 0 unspecified atom stereocenters. The van der Waals surface area contributed by atoms with E-state index >= 15 is 0 Å². The van der Waals surface area contributed by atoms with Gasteiger partial charge >= 0.3 is 5.97 Å². The predicted octanol–water partition coefficient (Wildman–Crippen LogP) is 10.8. The van der Waals surface area contributed by atoms with Crippen LogP contribution in [0.2, 0.25) is 41.3 Å². The number of aliphatic hydroxyl groups is 1. The monoisotopic (exact) mass is 964 g/mol. The van der Waals surface area contributed by atoms with E-state index in [2.05, 4.69) is 153 Å². The van der Waals surface area contributed by atoms with Crippen molar-refractivity contribution in [3.8, 4) is 0 Å². The number of rotatable bonds is 20. The van der Waals surface area contributed by atoms with Crippen LogP contribution >= 0.6 is 15.9 Å². The molecule has 0 aliphatic rings. The third kappa shape index (κ3) is 13.0. The van der Waals surface area contributed by atoms with Crippen molar-refractivity contribution in [1.29, 1.82) is 0 Å². The van der Waals surface area contributed by atoms with Crippen molar-refractivity contribution in [1.82, 2.24) is 0 Å². The van der Waals surface area contributed by atoms with Gasteiger partial charge in [0.2, 0.25) is 0 Å². The van der Waals surface area contributed by atoms with Crippen LogP contribution < -0.4 is 10.4 Å². The van der Waals surface area contributed by atoms with Gasteiger partial charge in [-0.25, -0.2) is 4.79 Å².